The van der Waals surface area contributed by atoms with E-state index >= 15 is 0 Å². The van der Waals surface area contributed by atoms with Crippen molar-refractivity contribution in [3.63, 3.8) is 0 Å². The molecule has 0 fully saturated rings. The third-order valence-electron chi connectivity index (χ3n) is 3.60. The van der Waals surface area contributed by atoms with Gasteiger partial charge in [-0.15, -0.1) is 0 Å². The lowest BCUT2D eigenvalue weighted by atomic mass is 10.1. The van der Waals surface area contributed by atoms with Gasteiger partial charge in [0.25, 0.3) is 5.91 Å². The van der Waals surface area contributed by atoms with Crippen LogP contribution in [0.4, 0.5) is 0 Å². The van der Waals surface area contributed by atoms with Gasteiger partial charge in [-0.2, -0.15) is 0 Å². The molecule has 3 N–H and O–H groups in total. The third-order valence-corrected chi connectivity index (χ3v) is 3.60. The maximum absolute atomic E-state index is 12.1. The van der Waals surface area contributed by atoms with Crippen molar-refractivity contribution in [3.05, 3.63) is 35.4 Å². The summed E-state index contributed by atoms with van der Waals surface area (Å²) in [7, 11) is 1.82. The Kier molecular flexibility index (Phi) is 7.60. The molecule has 5 nitrogen and oxygen atoms in total. The highest BCUT2D eigenvalue weighted by Gasteiger charge is 2.12. The summed E-state index contributed by atoms with van der Waals surface area (Å²) in [6, 6.07) is 7.50. The molecule has 2 atom stereocenters. The van der Waals surface area contributed by atoms with E-state index in [0.29, 0.717) is 18.7 Å². The largest absolute Gasteiger partial charge is 0.352 e. The molecule has 1 aromatic rings. The monoisotopic (exact) mass is 305 g/mol. The minimum absolute atomic E-state index is 0.00353. The van der Waals surface area contributed by atoms with Gasteiger partial charge in [0.15, 0.2) is 0 Å². The van der Waals surface area contributed by atoms with E-state index in [4.69, 9.17) is 0 Å². The predicted octanol–water partition coefficient (Wildman–Crippen LogP) is 1.69. The zero-order valence-corrected chi connectivity index (χ0v) is 13.9. The first kappa shape index (κ1) is 18.2. The fourth-order valence-corrected chi connectivity index (χ4v) is 1.99. The van der Waals surface area contributed by atoms with Crippen molar-refractivity contribution >= 4 is 11.8 Å². The second kappa shape index (κ2) is 9.20. The highest BCUT2D eigenvalue weighted by Crippen LogP contribution is 2.06. The standard InChI is InChI=1S/C17H27N3O2/c1-5-13(3)20-17(22)15-8-6-7-14(9-15)11-19-16(21)12(2)10-18-4/h6-9,12-13,18H,5,10-11H2,1-4H3,(H,19,21)(H,20,22). The van der Waals surface area contributed by atoms with E-state index in [0.717, 1.165) is 12.0 Å². The molecule has 0 heterocycles. The van der Waals surface area contributed by atoms with Crippen LogP contribution < -0.4 is 16.0 Å². The Morgan fingerprint density at radius 1 is 1.23 bits per heavy atom. The van der Waals surface area contributed by atoms with Crippen molar-refractivity contribution < 1.29 is 9.59 Å². The van der Waals surface area contributed by atoms with Gasteiger partial charge in [0.05, 0.1) is 0 Å². The van der Waals surface area contributed by atoms with Crippen molar-refractivity contribution in [2.45, 2.75) is 39.8 Å². The molecule has 122 valence electrons. The normalized spacial score (nSPS) is 13.3. The lowest BCUT2D eigenvalue weighted by Crippen LogP contribution is -2.34. The average Bonchev–Trinajstić information content (AvgIpc) is 2.52. The Hall–Kier alpha value is -1.88. The lowest BCUT2D eigenvalue weighted by Gasteiger charge is -2.13. The third kappa shape index (κ3) is 5.85. The van der Waals surface area contributed by atoms with E-state index in [1.807, 2.05) is 46.0 Å². The van der Waals surface area contributed by atoms with Crippen molar-refractivity contribution in [2.75, 3.05) is 13.6 Å². The summed E-state index contributed by atoms with van der Waals surface area (Å²) >= 11 is 0. The molecule has 0 aliphatic heterocycles. The summed E-state index contributed by atoms with van der Waals surface area (Å²) in [6.07, 6.45) is 0.894. The predicted molar refractivity (Wildman–Crippen MR) is 88.6 cm³/mol. The topological polar surface area (TPSA) is 70.2 Å². The van der Waals surface area contributed by atoms with Gasteiger partial charge in [-0.25, -0.2) is 0 Å². The molecule has 22 heavy (non-hydrogen) atoms. The summed E-state index contributed by atoms with van der Waals surface area (Å²) in [6.45, 7) is 6.96. The first-order valence-electron chi connectivity index (χ1n) is 7.80. The zero-order valence-electron chi connectivity index (χ0n) is 13.9. The number of hydrogen-bond donors (Lipinski definition) is 3. The summed E-state index contributed by atoms with van der Waals surface area (Å²) < 4.78 is 0. The molecule has 2 unspecified atom stereocenters. The summed E-state index contributed by atoms with van der Waals surface area (Å²) in [4.78, 5) is 24.0. The summed E-state index contributed by atoms with van der Waals surface area (Å²) in [5, 5.41) is 8.81. The minimum Gasteiger partial charge on any atom is -0.352 e. The van der Waals surface area contributed by atoms with Crippen molar-refractivity contribution in [3.8, 4) is 0 Å². The first-order valence-corrected chi connectivity index (χ1v) is 7.80. The molecule has 0 aliphatic rings. The number of rotatable bonds is 8. The van der Waals surface area contributed by atoms with Gasteiger partial charge in [-0.05, 0) is 38.1 Å². The highest BCUT2D eigenvalue weighted by molar-refractivity contribution is 5.94. The second-order valence-electron chi connectivity index (χ2n) is 5.66. The molecule has 1 rings (SSSR count). The van der Waals surface area contributed by atoms with E-state index in [-0.39, 0.29) is 23.8 Å². The van der Waals surface area contributed by atoms with Crippen molar-refractivity contribution in [1.29, 1.82) is 0 Å². The Morgan fingerprint density at radius 3 is 2.59 bits per heavy atom. The van der Waals surface area contributed by atoms with Crippen molar-refractivity contribution in [2.24, 2.45) is 5.92 Å². The SMILES string of the molecule is CCC(C)NC(=O)c1cccc(CNC(=O)C(C)CNC)c1. The Labute approximate surface area is 132 Å². The lowest BCUT2D eigenvalue weighted by molar-refractivity contribution is -0.124. The quantitative estimate of drug-likeness (QED) is 0.684. The van der Waals surface area contributed by atoms with Gasteiger partial charge in [-0.1, -0.05) is 26.0 Å². The molecule has 1 aromatic carbocycles. The Balaban J connectivity index is 2.61. The number of carbonyl (C=O) groups excluding carboxylic acids is 2. The molecule has 0 spiro atoms. The molecule has 0 radical (unpaired) electrons. The number of benzene rings is 1. The number of carbonyl (C=O) groups is 2. The van der Waals surface area contributed by atoms with Crippen LogP contribution >= 0.6 is 0 Å². The van der Waals surface area contributed by atoms with Crippen LogP contribution in [0.1, 0.15) is 43.1 Å². The van der Waals surface area contributed by atoms with Gasteiger partial charge in [0.1, 0.15) is 0 Å². The number of hydrogen-bond acceptors (Lipinski definition) is 3. The van der Waals surface area contributed by atoms with E-state index in [2.05, 4.69) is 16.0 Å². The molecule has 0 saturated carbocycles. The van der Waals surface area contributed by atoms with Crippen LogP contribution in [-0.4, -0.2) is 31.4 Å². The van der Waals surface area contributed by atoms with Crippen LogP contribution in [0, 0.1) is 5.92 Å². The van der Waals surface area contributed by atoms with Crippen LogP contribution in [-0.2, 0) is 11.3 Å². The summed E-state index contributed by atoms with van der Waals surface area (Å²) in [5.41, 5.74) is 1.54. The molecule has 0 aliphatic carbocycles. The average molecular weight is 305 g/mol. The van der Waals surface area contributed by atoms with Gasteiger partial charge < -0.3 is 16.0 Å². The highest BCUT2D eigenvalue weighted by atomic mass is 16.2. The zero-order chi connectivity index (χ0) is 16.5. The van der Waals surface area contributed by atoms with E-state index in [9.17, 15) is 9.59 Å². The molecule has 0 bridgehead atoms. The van der Waals surface area contributed by atoms with Crippen molar-refractivity contribution in [1.82, 2.24) is 16.0 Å². The van der Waals surface area contributed by atoms with Gasteiger partial charge in [-0.3, -0.25) is 9.59 Å². The Bertz CT molecular complexity index is 502. The smallest absolute Gasteiger partial charge is 0.251 e. The maximum Gasteiger partial charge on any atom is 0.251 e. The molecular weight excluding hydrogens is 278 g/mol. The second-order valence-corrected chi connectivity index (χ2v) is 5.66. The molecule has 0 aromatic heterocycles. The van der Waals surface area contributed by atoms with Crippen LogP contribution in [0.15, 0.2) is 24.3 Å². The molecule has 2 amide bonds. The minimum atomic E-state index is -0.0816. The van der Waals surface area contributed by atoms with E-state index in [1.165, 1.54) is 0 Å². The molecular formula is C17H27N3O2. The number of amides is 2. The molecule has 5 heteroatoms. The maximum atomic E-state index is 12.1. The summed E-state index contributed by atoms with van der Waals surface area (Å²) in [5.74, 6) is -0.156. The van der Waals surface area contributed by atoms with E-state index in [1.54, 1.807) is 6.07 Å². The molecule has 0 saturated heterocycles. The van der Waals surface area contributed by atoms with Gasteiger partial charge in [0.2, 0.25) is 5.91 Å². The fourth-order valence-electron chi connectivity index (χ4n) is 1.99. The van der Waals surface area contributed by atoms with Gasteiger partial charge in [0, 0.05) is 30.6 Å². The number of nitrogens with one attached hydrogen (secondary N) is 3. The van der Waals surface area contributed by atoms with Crippen LogP contribution in [0.25, 0.3) is 0 Å². The van der Waals surface area contributed by atoms with Crippen LogP contribution in [0.3, 0.4) is 0 Å². The van der Waals surface area contributed by atoms with Crippen LogP contribution in [0.2, 0.25) is 0 Å². The fraction of sp³-hybridized carbons (Fsp3) is 0.529. The van der Waals surface area contributed by atoms with E-state index < -0.39 is 0 Å². The Morgan fingerprint density at radius 2 is 1.95 bits per heavy atom. The van der Waals surface area contributed by atoms with Gasteiger partial charge >= 0.3 is 0 Å². The van der Waals surface area contributed by atoms with Crippen LogP contribution in [0.5, 0.6) is 0 Å². The first-order chi connectivity index (χ1) is 10.5.